The van der Waals surface area contributed by atoms with Crippen LogP contribution in [-0.2, 0) is 26.0 Å². The average molecular weight is 347 g/mol. The molecule has 0 heterocycles. The van der Waals surface area contributed by atoms with Crippen LogP contribution in [-0.4, -0.2) is 37.6 Å². The van der Waals surface area contributed by atoms with Crippen molar-refractivity contribution < 1.29 is 23.1 Å². The van der Waals surface area contributed by atoms with Gasteiger partial charge in [0.25, 0.3) is 0 Å². The van der Waals surface area contributed by atoms with Crippen molar-refractivity contribution in [3.8, 4) is 0 Å². The maximum Gasteiger partial charge on any atom is 0.327 e. The molecule has 24 heavy (non-hydrogen) atoms. The van der Waals surface area contributed by atoms with Crippen LogP contribution in [0.4, 0.5) is 5.69 Å². The van der Waals surface area contributed by atoms with Crippen LogP contribution in [0.15, 0.2) is 60.7 Å². The Morgan fingerprint density at radius 1 is 1.04 bits per heavy atom. The molecule has 0 aliphatic heterocycles. The summed E-state index contributed by atoms with van der Waals surface area (Å²) in [6.45, 7) is 0. The van der Waals surface area contributed by atoms with Gasteiger partial charge >= 0.3 is 5.97 Å². The Labute approximate surface area is 140 Å². The largest absolute Gasteiger partial charge is 0.480 e. The highest BCUT2D eigenvalue weighted by molar-refractivity contribution is 7.93. The summed E-state index contributed by atoms with van der Waals surface area (Å²) < 4.78 is 25.8. The first-order valence-electron chi connectivity index (χ1n) is 7.23. The summed E-state index contributed by atoms with van der Waals surface area (Å²) in [6.07, 6.45) is 0.246. The van der Waals surface area contributed by atoms with Gasteiger partial charge in [0.1, 0.15) is 18.1 Å². The number of nitrogens with zero attached hydrogens (tertiary/aromatic N) is 1. The molecule has 0 amide bonds. The molecule has 0 bridgehead atoms. The first-order valence-corrected chi connectivity index (χ1v) is 8.84. The molecule has 2 aromatic carbocycles. The number of anilines is 1. The van der Waals surface area contributed by atoms with E-state index in [0.717, 1.165) is 4.31 Å². The summed E-state index contributed by atoms with van der Waals surface area (Å²) in [5, 5.41) is 9.60. The second-order valence-electron chi connectivity index (χ2n) is 5.12. The Hall–Kier alpha value is -2.67. The second kappa shape index (κ2) is 7.74. The molecular weight excluding hydrogens is 330 g/mol. The van der Waals surface area contributed by atoms with E-state index >= 15 is 0 Å². The smallest absolute Gasteiger partial charge is 0.327 e. The van der Waals surface area contributed by atoms with Crippen LogP contribution in [0.5, 0.6) is 0 Å². The summed E-state index contributed by atoms with van der Waals surface area (Å²) in [5.74, 6) is -2.06. The van der Waals surface area contributed by atoms with E-state index in [0.29, 0.717) is 5.56 Å². The first kappa shape index (κ1) is 17.7. The van der Waals surface area contributed by atoms with Gasteiger partial charge < -0.3 is 9.90 Å². The third kappa shape index (κ3) is 4.20. The lowest BCUT2D eigenvalue weighted by Crippen LogP contribution is -2.47. The predicted octanol–water partition coefficient (Wildman–Crippen LogP) is 1.72. The van der Waals surface area contributed by atoms with Crippen molar-refractivity contribution in [2.45, 2.75) is 12.5 Å². The molecule has 6 nitrogen and oxygen atoms in total. The normalized spacial score (nSPS) is 12.3. The summed E-state index contributed by atoms with van der Waals surface area (Å²) >= 11 is 0. The topological polar surface area (TPSA) is 91.8 Å². The standard InChI is InChI=1S/C17H17NO5S/c19-11-12-24(22,23)18(15-9-5-2-6-10-15)16(17(20)21)13-14-7-3-1-4-8-14/h1-11,16H,12-13H2,(H,20,21)/t16-/m0/s1. The van der Waals surface area contributed by atoms with E-state index in [2.05, 4.69) is 0 Å². The van der Waals surface area contributed by atoms with Crippen molar-refractivity contribution in [3.05, 3.63) is 66.2 Å². The number of hydrogen-bond donors (Lipinski definition) is 1. The van der Waals surface area contributed by atoms with E-state index in [-0.39, 0.29) is 18.4 Å². The van der Waals surface area contributed by atoms with Gasteiger partial charge in [0.2, 0.25) is 10.0 Å². The Morgan fingerprint density at radius 3 is 2.08 bits per heavy atom. The summed E-state index contributed by atoms with van der Waals surface area (Å²) in [5.41, 5.74) is 0.898. The molecule has 7 heteroatoms. The lowest BCUT2D eigenvalue weighted by atomic mass is 10.1. The first-order chi connectivity index (χ1) is 11.5. The molecule has 2 rings (SSSR count). The highest BCUT2D eigenvalue weighted by Gasteiger charge is 2.34. The molecule has 0 spiro atoms. The van der Waals surface area contributed by atoms with Crippen molar-refractivity contribution >= 4 is 28.0 Å². The van der Waals surface area contributed by atoms with Crippen LogP contribution in [0.25, 0.3) is 0 Å². The number of carboxylic acid groups (broad SMARTS) is 1. The molecule has 0 aliphatic carbocycles. The lowest BCUT2D eigenvalue weighted by Gasteiger charge is -2.29. The SMILES string of the molecule is O=CCS(=O)(=O)N(c1ccccc1)[C@@H](Cc1ccccc1)C(=O)O. The van der Waals surface area contributed by atoms with Gasteiger partial charge in [0, 0.05) is 6.42 Å². The van der Waals surface area contributed by atoms with Crippen molar-refractivity contribution in [2.75, 3.05) is 10.1 Å². The molecule has 0 fully saturated rings. The number of carbonyl (C=O) groups excluding carboxylic acids is 1. The number of carbonyl (C=O) groups is 2. The molecule has 0 radical (unpaired) electrons. The fourth-order valence-electron chi connectivity index (χ4n) is 2.38. The number of sulfonamides is 1. The van der Waals surface area contributed by atoms with Gasteiger partial charge in [0.05, 0.1) is 5.69 Å². The molecule has 0 saturated carbocycles. The van der Waals surface area contributed by atoms with Crippen LogP contribution >= 0.6 is 0 Å². The van der Waals surface area contributed by atoms with E-state index in [1.165, 1.54) is 12.1 Å². The highest BCUT2D eigenvalue weighted by Crippen LogP contribution is 2.23. The van der Waals surface area contributed by atoms with Crippen molar-refractivity contribution in [1.29, 1.82) is 0 Å². The van der Waals surface area contributed by atoms with Gasteiger partial charge in [-0.25, -0.2) is 13.2 Å². The minimum atomic E-state index is -4.11. The monoisotopic (exact) mass is 347 g/mol. The number of aldehydes is 1. The molecule has 126 valence electrons. The number of benzene rings is 2. The van der Waals surface area contributed by atoms with Gasteiger partial charge in [-0.05, 0) is 17.7 Å². The van der Waals surface area contributed by atoms with Crippen LogP contribution in [0.2, 0.25) is 0 Å². The van der Waals surface area contributed by atoms with E-state index in [9.17, 15) is 23.1 Å². The molecule has 0 saturated heterocycles. The number of hydrogen-bond acceptors (Lipinski definition) is 4. The fraction of sp³-hybridized carbons (Fsp3) is 0.176. The van der Waals surface area contributed by atoms with Crippen LogP contribution in [0, 0.1) is 0 Å². The van der Waals surface area contributed by atoms with Gasteiger partial charge in [-0.15, -0.1) is 0 Å². The lowest BCUT2D eigenvalue weighted by molar-refractivity contribution is -0.138. The Bertz CT molecular complexity index is 790. The van der Waals surface area contributed by atoms with Gasteiger partial charge in [-0.2, -0.15) is 0 Å². The molecule has 0 unspecified atom stereocenters. The Kier molecular flexibility index (Phi) is 5.70. The van der Waals surface area contributed by atoms with Gasteiger partial charge in [0.15, 0.2) is 0 Å². The third-order valence-corrected chi connectivity index (χ3v) is 5.05. The summed E-state index contributed by atoms with van der Waals surface area (Å²) in [7, 11) is -4.11. The molecule has 1 atom stereocenters. The summed E-state index contributed by atoms with van der Waals surface area (Å²) in [6, 6.07) is 15.3. The molecular formula is C17H17NO5S. The van der Waals surface area contributed by atoms with Gasteiger partial charge in [-0.1, -0.05) is 48.5 Å². The zero-order valence-electron chi connectivity index (χ0n) is 12.8. The Morgan fingerprint density at radius 2 is 1.58 bits per heavy atom. The summed E-state index contributed by atoms with van der Waals surface area (Å²) in [4.78, 5) is 22.5. The van der Waals surface area contributed by atoms with E-state index < -0.39 is 27.8 Å². The molecule has 0 aliphatic rings. The quantitative estimate of drug-likeness (QED) is 0.734. The Balaban J connectivity index is 2.50. The van der Waals surface area contributed by atoms with Crippen LogP contribution in [0.3, 0.4) is 0 Å². The maximum atomic E-state index is 12.5. The predicted molar refractivity (Wildman–Crippen MR) is 90.3 cm³/mol. The van der Waals surface area contributed by atoms with Crippen molar-refractivity contribution in [1.82, 2.24) is 0 Å². The highest BCUT2D eigenvalue weighted by atomic mass is 32.2. The van der Waals surface area contributed by atoms with Crippen LogP contribution < -0.4 is 4.31 Å². The third-order valence-electron chi connectivity index (χ3n) is 3.43. The number of para-hydroxylation sites is 1. The zero-order valence-corrected chi connectivity index (χ0v) is 13.6. The minimum Gasteiger partial charge on any atom is -0.480 e. The fourth-order valence-corrected chi connectivity index (χ4v) is 3.71. The van der Waals surface area contributed by atoms with Crippen LogP contribution in [0.1, 0.15) is 5.56 Å². The van der Waals surface area contributed by atoms with E-state index in [1.54, 1.807) is 48.5 Å². The molecule has 1 N–H and O–H groups in total. The minimum absolute atomic E-state index is 0.0108. The molecule has 0 aromatic heterocycles. The van der Waals surface area contributed by atoms with Crippen molar-refractivity contribution in [3.63, 3.8) is 0 Å². The average Bonchev–Trinajstić information content (AvgIpc) is 2.56. The second-order valence-corrected chi connectivity index (χ2v) is 7.01. The molecule has 2 aromatic rings. The van der Waals surface area contributed by atoms with Gasteiger partial charge in [-0.3, -0.25) is 4.31 Å². The number of aliphatic carboxylic acids is 1. The number of rotatable bonds is 8. The van der Waals surface area contributed by atoms with E-state index in [4.69, 9.17) is 0 Å². The number of carboxylic acids is 1. The zero-order chi connectivity index (χ0) is 17.6. The van der Waals surface area contributed by atoms with E-state index in [1.807, 2.05) is 0 Å². The van der Waals surface area contributed by atoms with Crippen molar-refractivity contribution in [2.24, 2.45) is 0 Å². The maximum absolute atomic E-state index is 12.5.